The monoisotopic (exact) mass is 224 g/mol. The van der Waals surface area contributed by atoms with Crippen LogP contribution in [0.2, 0.25) is 0 Å². The van der Waals surface area contributed by atoms with E-state index >= 15 is 0 Å². The zero-order valence-corrected chi connectivity index (χ0v) is 10.5. The maximum atomic E-state index is 12.1. The smallest absolute Gasteiger partial charge is 0.223 e. The van der Waals surface area contributed by atoms with Crippen LogP contribution >= 0.6 is 0 Å². The molecule has 1 saturated carbocycles. The fraction of sp³-hybridized carbons (Fsp3) is 0.923. The van der Waals surface area contributed by atoms with Crippen molar-refractivity contribution >= 4 is 5.91 Å². The third-order valence-corrected chi connectivity index (χ3v) is 4.30. The summed E-state index contributed by atoms with van der Waals surface area (Å²) in [5, 5.41) is 6.47. The Labute approximate surface area is 98.4 Å². The third-order valence-electron chi connectivity index (χ3n) is 4.30. The molecule has 2 fully saturated rings. The molecule has 2 aliphatic rings. The Balaban J connectivity index is 1.79. The van der Waals surface area contributed by atoms with E-state index in [0.29, 0.717) is 5.92 Å². The average Bonchev–Trinajstić information content (AvgIpc) is 2.83. The van der Waals surface area contributed by atoms with Crippen LogP contribution in [0, 0.1) is 17.3 Å². The van der Waals surface area contributed by atoms with E-state index < -0.39 is 0 Å². The van der Waals surface area contributed by atoms with Crippen LogP contribution in [0.25, 0.3) is 0 Å². The van der Waals surface area contributed by atoms with Crippen molar-refractivity contribution in [1.29, 1.82) is 0 Å². The summed E-state index contributed by atoms with van der Waals surface area (Å²) >= 11 is 0. The lowest BCUT2D eigenvalue weighted by Crippen LogP contribution is -2.38. The molecule has 0 spiro atoms. The number of carbonyl (C=O) groups is 1. The average molecular weight is 224 g/mol. The second kappa shape index (κ2) is 4.74. The van der Waals surface area contributed by atoms with E-state index in [1.807, 2.05) is 0 Å². The lowest BCUT2D eigenvalue weighted by atomic mass is 9.81. The van der Waals surface area contributed by atoms with Gasteiger partial charge in [-0.2, -0.15) is 0 Å². The molecule has 0 bridgehead atoms. The molecule has 0 aromatic carbocycles. The summed E-state index contributed by atoms with van der Waals surface area (Å²) in [6.45, 7) is 7.48. The lowest BCUT2D eigenvalue weighted by Gasteiger charge is -2.26. The largest absolute Gasteiger partial charge is 0.356 e. The highest BCUT2D eigenvalue weighted by Gasteiger charge is 2.39. The van der Waals surface area contributed by atoms with Gasteiger partial charge in [-0.1, -0.05) is 20.3 Å². The van der Waals surface area contributed by atoms with Crippen LogP contribution in [0.1, 0.15) is 39.5 Å². The van der Waals surface area contributed by atoms with Crippen LogP contribution in [-0.4, -0.2) is 25.5 Å². The van der Waals surface area contributed by atoms with Gasteiger partial charge in [0.2, 0.25) is 5.91 Å². The summed E-state index contributed by atoms with van der Waals surface area (Å²) in [6, 6.07) is 0. The molecule has 16 heavy (non-hydrogen) atoms. The standard InChI is InChI=1S/C13H24N2O/c1-13(2)6-3-4-11(13)12(16)15-9-10-5-7-14-8-10/h10-11,14H,3-9H2,1-2H3,(H,15,16). The van der Waals surface area contributed by atoms with Crippen molar-refractivity contribution in [2.45, 2.75) is 39.5 Å². The molecule has 0 radical (unpaired) electrons. The zero-order valence-electron chi connectivity index (χ0n) is 10.5. The SMILES string of the molecule is CC1(C)CCCC1C(=O)NCC1CCNC1. The Kier molecular flexibility index (Phi) is 3.53. The molecule has 1 heterocycles. The molecule has 1 amide bonds. The van der Waals surface area contributed by atoms with Crippen LogP contribution < -0.4 is 10.6 Å². The van der Waals surface area contributed by atoms with Crippen molar-refractivity contribution in [1.82, 2.24) is 10.6 Å². The highest BCUT2D eigenvalue weighted by Crippen LogP contribution is 2.42. The van der Waals surface area contributed by atoms with Crippen molar-refractivity contribution in [2.75, 3.05) is 19.6 Å². The molecule has 3 heteroatoms. The highest BCUT2D eigenvalue weighted by molar-refractivity contribution is 5.79. The van der Waals surface area contributed by atoms with Gasteiger partial charge in [-0.3, -0.25) is 4.79 Å². The molecular weight excluding hydrogens is 200 g/mol. The van der Waals surface area contributed by atoms with E-state index in [0.717, 1.165) is 26.1 Å². The summed E-state index contributed by atoms with van der Waals surface area (Å²) < 4.78 is 0. The fourth-order valence-electron chi connectivity index (χ4n) is 3.07. The van der Waals surface area contributed by atoms with E-state index in [9.17, 15) is 4.79 Å². The van der Waals surface area contributed by atoms with Gasteiger partial charge in [0, 0.05) is 12.5 Å². The van der Waals surface area contributed by atoms with Crippen LogP contribution in [-0.2, 0) is 4.79 Å². The molecule has 1 aliphatic carbocycles. The molecule has 3 nitrogen and oxygen atoms in total. The predicted molar refractivity (Wildman–Crippen MR) is 65.1 cm³/mol. The van der Waals surface area contributed by atoms with E-state index in [4.69, 9.17) is 0 Å². The number of hydrogen-bond acceptors (Lipinski definition) is 2. The fourth-order valence-corrected chi connectivity index (χ4v) is 3.07. The van der Waals surface area contributed by atoms with Gasteiger partial charge in [0.25, 0.3) is 0 Å². The maximum absolute atomic E-state index is 12.1. The van der Waals surface area contributed by atoms with Gasteiger partial charge in [0.05, 0.1) is 0 Å². The first kappa shape index (κ1) is 11.9. The summed E-state index contributed by atoms with van der Waals surface area (Å²) in [5.41, 5.74) is 0.206. The number of rotatable bonds is 3. The second-order valence-electron chi connectivity index (χ2n) is 6.04. The maximum Gasteiger partial charge on any atom is 0.223 e. The van der Waals surface area contributed by atoms with Crippen molar-refractivity contribution in [2.24, 2.45) is 17.3 Å². The minimum atomic E-state index is 0.206. The molecule has 2 atom stereocenters. The normalized spacial score (nSPS) is 32.9. The Bertz CT molecular complexity index is 257. The Morgan fingerprint density at radius 2 is 2.25 bits per heavy atom. The molecule has 0 aromatic rings. The number of amides is 1. The minimum Gasteiger partial charge on any atom is -0.356 e. The van der Waals surface area contributed by atoms with Crippen LogP contribution in [0.4, 0.5) is 0 Å². The van der Waals surface area contributed by atoms with Crippen LogP contribution in [0.3, 0.4) is 0 Å². The van der Waals surface area contributed by atoms with Gasteiger partial charge in [-0.15, -0.1) is 0 Å². The molecule has 1 aliphatic heterocycles. The summed E-state index contributed by atoms with van der Waals surface area (Å²) in [7, 11) is 0. The molecule has 1 saturated heterocycles. The summed E-state index contributed by atoms with van der Waals surface area (Å²) in [5.74, 6) is 1.17. The van der Waals surface area contributed by atoms with Crippen molar-refractivity contribution in [3.8, 4) is 0 Å². The van der Waals surface area contributed by atoms with Crippen molar-refractivity contribution < 1.29 is 4.79 Å². The predicted octanol–water partition coefficient (Wildman–Crippen LogP) is 1.54. The first-order valence-corrected chi connectivity index (χ1v) is 6.58. The van der Waals surface area contributed by atoms with Crippen LogP contribution in [0.5, 0.6) is 0 Å². The van der Waals surface area contributed by atoms with E-state index in [1.54, 1.807) is 0 Å². The van der Waals surface area contributed by atoms with Gasteiger partial charge >= 0.3 is 0 Å². The third kappa shape index (κ3) is 2.57. The molecule has 2 rings (SSSR count). The molecule has 92 valence electrons. The van der Waals surface area contributed by atoms with E-state index in [2.05, 4.69) is 24.5 Å². The zero-order chi connectivity index (χ0) is 11.6. The number of hydrogen-bond donors (Lipinski definition) is 2. The quantitative estimate of drug-likeness (QED) is 0.763. The molecular formula is C13H24N2O. The van der Waals surface area contributed by atoms with Gasteiger partial charge in [-0.25, -0.2) is 0 Å². The highest BCUT2D eigenvalue weighted by atomic mass is 16.1. The van der Waals surface area contributed by atoms with Gasteiger partial charge in [0.1, 0.15) is 0 Å². The molecule has 0 aromatic heterocycles. The topological polar surface area (TPSA) is 41.1 Å². The second-order valence-corrected chi connectivity index (χ2v) is 6.04. The van der Waals surface area contributed by atoms with Gasteiger partial charge in [-0.05, 0) is 43.7 Å². The number of carbonyl (C=O) groups excluding carboxylic acids is 1. The van der Waals surface area contributed by atoms with E-state index in [-0.39, 0.29) is 17.2 Å². The minimum absolute atomic E-state index is 0.206. The van der Waals surface area contributed by atoms with Gasteiger partial charge < -0.3 is 10.6 Å². The van der Waals surface area contributed by atoms with Gasteiger partial charge in [0.15, 0.2) is 0 Å². The Morgan fingerprint density at radius 3 is 2.81 bits per heavy atom. The summed E-state index contributed by atoms with van der Waals surface area (Å²) in [4.78, 5) is 12.1. The summed E-state index contributed by atoms with van der Waals surface area (Å²) in [6.07, 6.45) is 4.67. The first-order chi connectivity index (χ1) is 7.59. The Hall–Kier alpha value is -0.570. The van der Waals surface area contributed by atoms with E-state index in [1.165, 1.54) is 19.3 Å². The molecule has 2 N–H and O–H groups in total. The molecule has 2 unspecified atom stereocenters. The Morgan fingerprint density at radius 1 is 1.44 bits per heavy atom. The lowest BCUT2D eigenvalue weighted by molar-refractivity contribution is -0.127. The first-order valence-electron chi connectivity index (χ1n) is 6.58. The number of nitrogens with one attached hydrogen (secondary N) is 2. The van der Waals surface area contributed by atoms with Crippen molar-refractivity contribution in [3.63, 3.8) is 0 Å². The van der Waals surface area contributed by atoms with Crippen molar-refractivity contribution in [3.05, 3.63) is 0 Å². The van der Waals surface area contributed by atoms with Crippen LogP contribution in [0.15, 0.2) is 0 Å².